The van der Waals surface area contributed by atoms with Crippen LogP contribution in [0.3, 0.4) is 0 Å². The van der Waals surface area contributed by atoms with E-state index in [0.29, 0.717) is 19.5 Å². The Bertz CT molecular complexity index is 972. The fourth-order valence-electron chi connectivity index (χ4n) is 3.91. The Labute approximate surface area is 153 Å². The number of amides is 1. The van der Waals surface area contributed by atoms with Crippen LogP contribution in [-0.4, -0.2) is 22.0 Å². The molecule has 26 heavy (non-hydrogen) atoms. The third kappa shape index (κ3) is 2.71. The third-order valence-electron chi connectivity index (χ3n) is 5.15. The van der Waals surface area contributed by atoms with Crippen LogP contribution in [0.5, 0.6) is 0 Å². The van der Waals surface area contributed by atoms with Crippen LogP contribution in [0, 0.1) is 0 Å². The van der Waals surface area contributed by atoms with Crippen LogP contribution in [0.15, 0.2) is 61.2 Å². The number of hydrogen-bond acceptors (Lipinski definition) is 2. The van der Waals surface area contributed by atoms with Crippen molar-refractivity contribution in [3.05, 3.63) is 72.6 Å². The van der Waals surface area contributed by atoms with Crippen LogP contribution in [-0.2, 0) is 17.8 Å². The molecule has 1 saturated heterocycles. The largest absolute Gasteiger partial charge is 0.324 e. The number of hydrogen-bond donors (Lipinski definition) is 0. The zero-order valence-electron chi connectivity index (χ0n) is 15.1. The molecule has 1 aromatic heterocycles. The van der Waals surface area contributed by atoms with Crippen molar-refractivity contribution in [2.24, 2.45) is 0 Å². The zero-order valence-corrected chi connectivity index (χ0v) is 15.1. The topological polar surface area (TPSA) is 38.1 Å². The average molecular weight is 345 g/mol. The molecular formula is C22H23N3O. The van der Waals surface area contributed by atoms with Crippen LogP contribution in [0.25, 0.3) is 11.0 Å². The normalized spacial score (nSPS) is 17.2. The minimum atomic E-state index is 0.0970. The Hall–Kier alpha value is -2.88. The van der Waals surface area contributed by atoms with Crippen LogP contribution in [0.2, 0.25) is 0 Å². The van der Waals surface area contributed by atoms with Crippen LogP contribution in [0.4, 0.5) is 5.69 Å². The summed E-state index contributed by atoms with van der Waals surface area (Å²) >= 11 is 0. The van der Waals surface area contributed by atoms with Gasteiger partial charge in [0, 0.05) is 31.1 Å². The van der Waals surface area contributed by atoms with E-state index in [1.54, 1.807) is 0 Å². The van der Waals surface area contributed by atoms with Crippen LogP contribution < -0.4 is 4.90 Å². The fourth-order valence-corrected chi connectivity index (χ4v) is 3.91. The zero-order chi connectivity index (χ0) is 18.1. The van der Waals surface area contributed by atoms with E-state index in [2.05, 4.69) is 30.2 Å². The Kier molecular flexibility index (Phi) is 4.33. The van der Waals surface area contributed by atoms with E-state index in [4.69, 9.17) is 4.98 Å². The van der Waals surface area contributed by atoms with Crippen molar-refractivity contribution < 1.29 is 4.79 Å². The molecule has 2 heterocycles. The molecule has 0 aliphatic carbocycles. The summed E-state index contributed by atoms with van der Waals surface area (Å²) in [6.45, 7) is 7.39. The predicted octanol–water partition coefficient (Wildman–Crippen LogP) is 4.31. The SMILES string of the molecule is C=CCn1c([C@H]2CC(=O)N(c3ccccc3CC)C2)nc2ccccc21. The lowest BCUT2D eigenvalue weighted by Gasteiger charge is -2.20. The predicted molar refractivity (Wildman–Crippen MR) is 105 cm³/mol. The molecule has 4 rings (SSSR count). The molecular weight excluding hydrogens is 322 g/mol. The van der Waals surface area contributed by atoms with Crippen molar-refractivity contribution >= 4 is 22.6 Å². The van der Waals surface area contributed by atoms with Gasteiger partial charge in [0.05, 0.1) is 11.0 Å². The highest BCUT2D eigenvalue weighted by molar-refractivity contribution is 5.97. The highest BCUT2D eigenvalue weighted by Gasteiger charge is 2.35. The number of para-hydroxylation sites is 3. The number of nitrogens with zero attached hydrogens (tertiary/aromatic N) is 3. The monoisotopic (exact) mass is 345 g/mol. The molecule has 2 aromatic carbocycles. The molecule has 0 unspecified atom stereocenters. The van der Waals surface area contributed by atoms with E-state index in [0.717, 1.165) is 29.0 Å². The Morgan fingerprint density at radius 1 is 1.19 bits per heavy atom. The maximum absolute atomic E-state index is 12.8. The van der Waals surface area contributed by atoms with Crippen LogP contribution in [0.1, 0.15) is 30.7 Å². The smallest absolute Gasteiger partial charge is 0.227 e. The van der Waals surface area contributed by atoms with E-state index < -0.39 is 0 Å². The van der Waals surface area contributed by atoms with Gasteiger partial charge in [-0.1, -0.05) is 43.3 Å². The molecule has 1 amide bonds. The molecule has 3 aromatic rings. The number of carbonyl (C=O) groups excluding carboxylic acids is 1. The van der Waals surface area contributed by atoms with Crippen molar-refractivity contribution in [2.45, 2.75) is 32.2 Å². The van der Waals surface area contributed by atoms with Gasteiger partial charge >= 0.3 is 0 Å². The van der Waals surface area contributed by atoms with E-state index in [-0.39, 0.29) is 11.8 Å². The van der Waals surface area contributed by atoms with Crippen molar-refractivity contribution in [1.29, 1.82) is 0 Å². The molecule has 4 nitrogen and oxygen atoms in total. The number of fused-ring (bicyclic) bond motifs is 1. The van der Waals surface area contributed by atoms with E-state index in [1.807, 2.05) is 47.4 Å². The summed E-state index contributed by atoms with van der Waals surface area (Å²) in [6.07, 6.45) is 3.30. The van der Waals surface area contributed by atoms with Crippen molar-refractivity contribution in [3.63, 3.8) is 0 Å². The summed E-state index contributed by atoms with van der Waals surface area (Å²) in [4.78, 5) is 19.6. The number of carbonyl (C=O) groups is 1. The first-order valence-electron chi connectivity index (χ1n) is 9.17. The second kappa shape index (κ2) is 6.79. The first-order valence-corrected chi connectivity index (χ1v) is 9.17. The molecule has 1 aliphatic heterocycles. The minimum Gasteiger partial charge on any atom is -0.324 e. The fraction of sp³-hybridized carbons (Fsp3) is 0.273. The van der Waals surface area contributed by atoms with Gasteiger partial charge in [-0.3, -0.25) is 4.79 Å². The number of benzene rings is 2. The van der Waals surface area contributed by atoms with Crippen molar-refractivity contribution in [1.82, 2.24) is 9.55 Å². The first-order chi connectivity index (χ1) is 12.7. The summed E-state index contributed by atoms with van der Waals surface area (Å²) in [5, 5.41) is 0. The second-order valence-electron chi connectivity index (χ2n) is 6.75. The summed E-state index contributed by atoms with van der Waals surface area (Å²) < 4.78 is 2.19. The Morgan fingerprint density at radius 3 is 2.77 bits per heavy atom. The van der Waals surface area contributed by atoms with Gasteiger partial charge < -0.3 is 9.47 Å². The standard InChI is InChI=1S/C22H23N3O/c1-3-13-24-20-12-8-6-10-18(20)23-22(24)17-14-21(26)25(15-17)19-11-7-5-9-16(19)4-2/h3,5-12,17H,1,4,13-15H2,2H3/t17-/m0/s1. The summed E-state index contributed by atoms with van der Waals surface area (Å²) in [5.74, 6) is 1.25. The van der Waals surface area contributed by atoms with Gasteiger partial charge in [0.2, 0.25) is 5.91 Å². The van der Waals surface area contributed by atoms with Crippen molar-refractivity contribution in [3.8, 4) is 0 Å². The number of anilines is 1. The number of aryl methyl sites for hydroxylation is 1. The maximum Gasteiger partial charge on any atom is 0.227 e. The molecule has 1 aliphatic rings. The second-order valence-corrected chi connectivity index (χ2v) is 6.75. The van der Waals surface area contributed by atoms with Crippen LogP contribution >= 0.6 is 0 Å². The summed E-state index contributed by atoms with van der Waals surface area (Å²) in [7, 11) is 0. The van der Waals surface area contributed by atoms with E-state index in [1.165, 1.54) is 5.56 Å². The molecule has 4 heteroatoms. The molecule has 0 radical (unpaired) electrons. The van der Waals surface area contributed by atoms with Gasteiger partial charge in [-0.25, -0.2) is 4.98 Å². The lowest BCUT2D eigenvalue weighted by atomic mass is 10.1. The molecule has 1 fully saturated rings. The van der Waals surface area contributed by atoms with E-state index in [9.17, 15) is 4.79 Å². The third-order valence-corrected chi connectivity index (χ3v) is 5.15. The minimum absolute atomic E-state index is 0.0970. The lowest BCUT2D eigenvalue weighted by Crippen LogP contribution is -2.25. The van der Waals surface area contributed by atoms with Gasteiger partial charge in [-0.2, -0.15) is 0 Å². The van der Waals surface area contributed by atoms with E-state index >= 15 is 0 Å². The molecule has 0 saturated carbocycles. The number of aromatic nitrogens is 2. The summed E-state index contributed by atoms with van der Waals surface area (Å²) in [5.41, 5.74) is 4.32. The Balaban J connectivity index is 1.72. The van der Waals surface area contributed by atoms with Gasteiger partial charge in [0.15, 0.2) is 0 Å². The Morgan fingerprint density at radius 2 is 1.96 bits per heavy atom. The molecule has 0 N–H and O–H groups in total. The van der Waals surface area contributed by atoms with Gasteiger partial charge in [-0.05, 0) is 30.2 Å². The lowest BCUT2D eigenvalue weighted by molar-refractivity contribution is -0.117. The highest BCUT2D eigenvalue weighted by Crippen LogP contribution is 2.34. The highest BCUT2D eigenvalue weighted by atomic mass is 16.2. The quantitative estimate of drug-likeness (QED) is 0.647. The first kappa shape index (κ1) is 16.6. The number of rotatable bonds is 5. The summed E-state index contributed by atoms with van der Waals surface area (Å²) in [6, 6.07) is 16.3. The van der Waals surface area contributed by atoms with Gasteiger partial charge in [0.1, 0.15) is 5.82 Å². The maximum atomic E-state index is 12.8. The van der Waals surface area contributed by atoms with Gasteiger partial charge in [-0.15, -0.1) is 6.58 Å². The van der Waals surface area contributed by atoms with Crippen molar-refractivity contribution in [2.75, 3.05) is 11.4 Å². The molecule has 132 valence electrons. The number of allylic oxidation sites excluding steroid dienone is 1. The molecule has 0 bridgehead atoms. The molecule has 0 spiro atoms. The average Bonchev–Trinajstić information content (AvgIpc) is 3.23. The van der Waals surface area contributed by atoms with Gasteiger partial charge in [0.25, 0.3) is 0 Å². The number of imidazole rings is 1. The molecule has 1 atom stereocenters.